The van der Waals surface area contributed by atoms with Gasteiger partial charge in [0.2, 0.25) is 0 Å². The average Bonchev–Trinajstić information content (AvgIpc) is 3.34. The van der Waals surface area contributed by atoms with Crippen molar-refractivity contribution in [3.63, 3.8) is 0 Å². The number of halogens is 1. The van der Waals surface area contributed by atoms with E-state index in [1.165, 1.54) is 10.4 Å². The van der Waals surface area contributed by atoms with Gasteiger partial charge < -0.3 is 0 Å². The van der Waals surface area contributed by atoms with Gasteiger partial charge in [0, 0.05) is 41.6 Å². The Kier molecular flexibility index (Phi) is 6.50. The Labute approximate surface area is 208 Å². The predicted molar refractivity (Wildman–Crippen MR) is 137 cm³/mol. The van der Waals surface area contributed by atoms with E-state index in [0.29, 0.717) is 28.0 Å². The number of fused-ring (bicyclic) bond motifs is 1. The molecule has 0 saturated carbocycles. The highest BCUT2D eigenvalue weighted by atomic mass is 35.5. The van der Waals surface area contributed by atoms with Gasteiger partial charge in [-0.25, -0.2) is 4.98 Å². The molecule has 0 bridgehead atoms. The van der Waals surface area contributed by atoms with E-state index in [2.05, 4.69) is 39.6 Å². The molecule has 1 aliphatic rings. The van der Waals surface area contributed by atoms with Crippen molar-refractivity contribution in [1.82, 2.24) is 19.7 Å². The van der Waals surface area contributed by atoms with Crippen LogP contribution >= 0.6 is 22.9 Å². The first-order valence-electron chi connectivity index (χ1n) is 11.3. The lowest BCUT2D eigenvalue weighted by Gasteiger charge is -2.25. The summed E-state index contributed by atoms with van der Waals surface area (Å²) in [5.41, 5.74) is 5.46. The highest BCUT2D eigenvalue weighted by Crippen LogP contribution is 2.30. The van der Waals surface area contributed by atoms with E-state index >= 15 is 0 Å². The summed E-state index contributed by atoms with van der Waals surface area (Å²) < 4.78 is 1.83. The van der Waals surface area contributed by atoms with Gasteiger partial charge in [-0.1, -0.05) is 60.1 Å². The lowest BCUT2D eigenvalue weighted by Crippen LogP contribution is -2.29. The van der Waals surface area contributed by atoms with Crippen LogP contribution in [0.5, 0.6) is 0 Å². The van der Waals surface area contributed by atoms with E-state index in [0.717, 1.165) is 43.0 Å². The zero-order chi connectivity index (χ0) is 23.7. The highest BCUT2D eigenvalue weighted by molar-refractivity contribution is 7.15. The van der Waals surface area contributed by atoms with Crippen LogP contribution in [0.3, 0.4) is 0 Å². The second-order valence-corrected chi connectivity index (χ2v) is 10.1. The summed E-state index contributed by atoms with van der Waals surface area (Å²) in [4.78, 5) is 21.5. The molecule has 2 aromatic carbocycles. The van der Waals surface area contributed by atoms with E-state index in [1.54, 1.807) is 11.3 Å². The third kappa shape index (κ3) is 4.78. The number of benzene rings is 2. The van der Waals surface area contributed by atoms with Gasteiger partial charge in [-0.3, -0.25) is 19.7 Å². The average molecular weight is 492 g/mol. The number of amides is 1. The first kappa shape index (κ1) is 22.8. The molecule has 1 aliphatic heterocycles. The number of carbonyl (C=O) groups is 1. The van der Waals surface area contributed by atoms with Crippen LogP contribution in [0.4, 0.5) is 5.13 Å². The Morgan fingerprint density at radius 1 is 1.09 bits per heavy atom. The van der Waals surface area contributed by atoms with Gasteiger partial charge in [0.05, 0.1) is 23.5 Å². The molecule has 6 nitrogen and oxygen atoms in total. The van der Waals surface area contributed by atoms with Crippen LogP contribution in [0.1, 0.15) is 43.4 Å². The number of aromatic nitrogens is 3. The number of nitrogens with one attached hydrogen (secondary N) is 1. The van der Waals surface area contributed by atoms with Crippen molar-refractivity contribution in [3.8, 4) is 0 Å². The quantitative estimate of drug-likeness (QED) is 0.388. The Balaban J connectivity index is 1.28. The Morgan fingerprint density at radius 2 is 1.85 bits per heavy atom. The summed E-state index contributed by atoms with van der Waals surface area (Å²) in [6.45, 7) is 7.03. The number of carbonyl (C=O) groups excluding carboxylic acids is 1. The maximum atomic E-state index is 13.2. The number of thiazole rings is 1. The van der Waals surface area contributed by atoms with Crippen molar-refractivity contribution >= 4 is 34.0 Å². The largest absolute Gasteiger partial charge is 0.298 e. The molecule has 174 valence electrons. The maximum absolute atomic E-state index is 13.2. The standard InChI is InChI=1S/C26H26ClN5OS/c1-17-24(18(2)32(30-17)15-20-10-6-7-11-21(20)27)25(33)29-26-28-22-12-13-31(16-23(22)34-26)14-19-8-4-3-5-9-19/h3-11H,12-16H2,1-2H3,(H,28,29,33). The number of nitrogens with zero attached hydrogens (tertiary/aromatic N) is 4. The van der Waals surface area contributed by atoms with Crippen molar-refractivity contribution in [2.45, 2.75) is 39.9 Å². The normalized spacial score (nSPS) is 13.6. The molecule has 4 aromatic rings. The van der Waals surface area contributed by atoms with E-state index in [4.69, 9.17) is 16.6 Å². The van der Waals surface area contributed by atoms with E-state index < -0.39 is 0 Å². The Morgan fingerprint density at radius 3 is 2.65 bits per heavy atom. The Bertz CT molecular complexity index is 1330. The molecular formula is C26H26ClN5OS. The smallest absolute Gasteiger partial charge is 0.261 e. The van der Waals surface area contributed by atoms with Crippen LogP contribution in [0.25, 0.3) is 0 Å². The lowest BCUT2D eigenvalue weighted by molar-refractivity contribution is 0.102. The predicted octanol–water partition coefficient (Wildman–Crippen LogP) is 5.47. The summed E-state index contributed by atoms with van der Waals surface area (Å²) in [6.07, 6.45) is 0.891. The van der Waals surface area contributed by atoms with Crippen LogP contribution in [0.2, 0.25) is 5.02 Å². The molecule has 0 unspecified atom stereocenters. The molecule has 0 aliphatic carbocycles. The molecule has 8 heteroatoms. The topological polar surface area (TPSA) is 63.1 Å². The van der Waals surface area contributed by atoms with Gasteiger partial charge in [-0.15, -0.1) is 11.3 Å². The molecule has 3 heterocycles. The first-order chi connectivity index (χ1) is 16.5. The molecule has 1 amide bonds. The second-order valence-electron chi connectivity index (χ2n) is 8.58. The summed E-state index contributed by atoms with van der Waals surface area (Å²) in [5, 5.41) is 8.96. The number of hydrogen-bond acceptors (Lipinski definition) is 5. The van der Waals surface area contributed by atoms with Gasteiger partial charge >= 0.3 is 0 Å². The molecule has 5 rings (SSSR count). The minimum Gasteiger partial charge on any atom is -0.298 e. The number of hydrogen-bond donors (Lipinski definition) is 1. The maximum Gasteiger partial charge on any atom is 0.261 e. The zero-order valence-corrected chi connectivity index (χ0v) is 20.8. The van der Waals surface area contributed by atoms with E-state index in [9.17, 15) is 4.79 Å². The van der Waals surface area contributed by atoms with Crippen molar-refractivity contribution in [2.75, 3.05) is 11.9 Å². The van der Waals surface area contributed by atoms with Crippen LogP contribution in [0.15, 0.2) is 54.6 Å². The van der Waals surface area contributed by atoms with Gasteiger partial charge in [-0.05, 0) is 31.0 Å². The molecule has 0 saturated heterocycles. The van der Waals surface area contributed by atoms with Gasteiger partial charge in [-0.2, -0.15) is 5.10 Å². The lowest BCUT2D eigenvalue weighted by atomic mass is 10.1. The third-order valence-corrected chi connectivity index (χ3v) is 7.53. The number of anilines is 1. The molecular weight excluding hydrogens is 466 g/mol. The number of aryl methyl sites for hydroxylation is 1. The molecule has 0 radical (unpaired) electrons. The first-order valence-corrected chi connectivity index (χ1v) is 12.5. The van der Waals surface area contributed by atoms with E-state index in [-0.39, 0.29) is 5.91 Å². The van der Waals surface area contributed by atoms with Gasteiger partial charge in [0.1, 0.15) is 0 Å². The highest BCUT2D eigenvalue weighted by Gasteiger charge is 2.24. The fourth-order valence-corrected chi connectivity index (χ4v) is 5.65. The van der Waals surface area contributed by atoms with Crippen LogP contribution in [-0.4, -0.2) is 32.1 Å². The van der Waals surface area contributed by atoms with Crippen LogP contribution in [-0.2, 0) is 26.1 Å². The van der Waals surface area contributed by atoms with E-state index in [1.807, 2.05) is 48.9 Å². The van der Waals surface area contributed by atoms with Crippen molar-refractivity contribution in [1.29, 1.82) is 0 Å². The van der Waals surface area contributed by atoms with Crippen LogP contribution in [0, 0.1) is 13.8 Å². The fraction of sp³-hybridized carbons (Fsp3) is 0.269. The van der Waals surface area contributed by atoms with Gasteiger partial charge in [0.25, 0.3) is 5.91 Å². The zero-order valence-electron chi connectivity index (χ0n) is 19.2. The minimum absolute atomic E-state index is 0.173. The molecule has 0 fully saturated rings. The van der Waals surface area contributed by atoms with Gasteiger partial charge in [0.15, 0.2) is 5.13 Å². The van der Waals surface area contributed by atoms with Crippen molar-refractivity contribution in [3.05, 3.63) is 98.3 Å². The molecule has 1 N–H and O–H groups in total. The summed E-state index contributed by atoms with van der Waals surface area (Å²) in [6, 6.07) is 18.2. The minimum atomic E-state index is -0.173. The second kappa shape index (κ2) is 9.70. The molecule has 34 heavy (non-hydrogen) atoms. The summed E-state index contributed by atoms with van der Waals surface area (Å²) >= 11 is 7.88. The van der Waals surface area contributed by atoms with Crippen molar-refractivity contribution < 1.29 is 4.79 Å². The fourth-order valence-electron chi connectivity index (χ4n) is 4.41. The molecule has 0 spiro atoms. The third-order valence-electron chi connectivity index (χ3n) is 6.17. The molecule has 2 aromatic heterocycles. The van der Waals surface area contributed by atoms with Crippen molar-refractivity contribution in [2.24, 2.45) is 0 Å². The SMILES string of the molecule is Cc1nn(Cc2ccccc2Cl)c(C)c1C(=O)Nc1nc2c(s1)CN(Cc1ccccc1)CC2. The van der Waals surface area contributed by atoms with Crippen LogP contribution < -0.4 is 5.32 Å². The molecule has 0 atom stereocenters. The monoisotopic (exact) mass is 491 g/mol. The summed E-state index contributed by atoms with van der Waals surface area (Å²) in [5.74, 6) is -0.173. The summed E-state index contributed by atoms with van der Waals surface area (Å²) in [7, 11) is 0. The Hall–Kier alpha value is -3.00. The number of rotatable bonds is 6.